The van der Waals surface area contributed by atoms with Crippen molar-refractivity contribution >= 4 is 0 Å². The van der Waals surface area contributed by atoms with Crippen LogP contribution in [0.1, 0.15) is 5.76 Å². The predicted octanol–water partition coefficient (Wildman–Crippen LogP) is -1.61. The summed E-state index contributed by atoms with van der Waals surface area (Å²) in [5, 5.41) is 0. The molecule has 0 aliphatic heterocycles. The fraction of sp³-hybridized carbons (Fsp3) is 0.200. The smallest absolute Gasteiger partial charge is 0.573 e. The summed E-state index contributed by atoms with van der Waals surface area (Å²) in [4.78, 5) is 0. The van der Waals surface area contributed by atoms with Crippen LogP contribution in [0, 0.1) is 13.0 Å². The Hall–Kier alpha value is 0.280. The zero-order valence-electron chi connectivity index (χ0n) is 4.56. The quantitative estimate of drug-likeness (QED) is 0.285. The summed E-state index contributed by atoms with van der Waals surface area (Å²) in [6.45, 7) is 1.86. The molecule has 32 valence electrons. The Morgan fingerprint density at radius 1 is 1.71 bits per heavy atom. The van der Waals surface area contributed by atoms with Crippen molar-refractivity contribution in [1.82, 2.24) is 0 Å². The predicted molar refractivity (Wildman–Crippen MR) is 22.3 cm³/mol. The van der Waals surface area contributed by atoms with E-state index in [9.17, 15) is 0 Å². The van der Waals surface area contributed by atoms with Crippen molar-refractivity contribution in [3.05, 3.63) is 24.2 Å². The van der Waals surface area contributed by atoms with Crippen LogP contribution in [0.4, 0.5) is 0 Å². The van der Waals surface area contributed by atoms with Crippen LogP contribution < -0.4 is 29.6 Å². The van der Waals surface area contributed by atoms with Crippen molar-refractivity contribution in [1.29, 1.82) is 0 Å². The maximum atomic E-state index is 4.78. The van der Waals surface area contributed by atoms with Crippen LogP contribution in [0.2, 0.25) is 0 Å². The molecule has 0 spiro atoms. The van der Waals surface area contributed by atoms with Crippen molar-refractivity contribution < 1.29 is 34.0 Å². The van der Waals surface area contributed by atoms with Gasteiger partial charge in [-0.1, -0.05) is 6.26 Å². The molecule has 0 saturated carbocycles. The van der Waals surface area contributed by atoms with E-state index in [4.69, 9.17) is 4.42 Å². The molecule has 2 heteroatoms. The number of aryl methyl sites for hydroxylation is 1. The van der Waals surface area contributed by atoms with Gasteiger partial charge >= 0.3 is 29.6 Å². The molecule has 1 heterocycles. The molecule has 0 unspecified atom stereocenters. The topological polar surface area (TPSA) is 13.1 Å². The Morgan fingerprint density at radius 3 is 2.57 bits per heavy atom. The molecule has 7 heavy (non-hydrogen) atoms. The molecule has 0 radical (unpaired) electrons. The first-order valence-corrected chi connectivity index (χ1v) is 1.81. The fourth-order valence-electron chi connectivity index (χ4n) is 0.321. The third kappa shape index (κ3) is 2.17. The largest absolute Gasteiger partial charge is 1.00 e. The Labute approximate surface area is 65.0 Å². The van der Waals surface area contributed by atoms with Gasteiger partial charge in [0.15, 0.2) is 0 Å². The second-order valence-corrected chi connectivity index (χ2v) is 1.12. The SMILES string of the molecule is Cc1[c-]cco1.[Na+]. The second kappa shape index (κ2) is 3.30. The van der Waals surface area contributed by atoms with Gasteiger partial charge in [-0.25, -0.2) is 6.07 Å². The normalized spacial score (nSPS) is 7.57. The molecule has 0 atom stereocenters. The molecule has 1 aromatic rings. The fourth-order valence-corrected chi connectivity index (χ4v) is 0.321. The molecule has 0 aliphatic carbocycles. The maximum Gasteiger partial charge on any atom is 1.00 e. The van der Waals surface area contributed by atoms with E-state index < -0.39 is 0 Å². The summed E-state index contributed by atoms with van der Waals surface area (Å²) < 4.78 is 4.78. The third-order valence-electron chi connectivity index (χ3n) is 0.599. The minimum absolute atomic E-state index is 0. The van der Waals surface area contributed by atoms with Gasteiger partial charge in [0.2, 0.25) is 0 Å². The summed E-state index contributed by atoms with van der Waals surface area (Å²) in [5.74, 6) is 0.843. The summed E-state index contributed by atoms with van der Waals surface area (Å²) >= 11 is 0. The molecule has 0 fully saturated rings. The molecule has 0 amide bonds. The average Bonchev–Trinajstić information content (AvgIpc) is 1.86. The zero-order chi connectivity index (χ0) is 4.41. The van der Waals surface area contributed by atoms with Gasteiger partial charge in [-0.2, -0.15) is 6.07 Å². The Morgan fingerprint density at radius 2 is 2.43 bits per heavy atom. The number of hydrogen-bond acceptors (Lipinski definition) is 1. The summed E-state index contributed by atoms with van der Waals surface area (Å²) in [7, 11) is 0. The van der Waals surface area contributed by atoms with Crippen molar-refractivity contribution in [2.24, 2.45) is 0 Å². The summed E-state index contributed by atoms with van der Waals surface area (Å²) in [6, 6.07) is 4.58. The van der Waals surface area contributed by atoms with Gasteiger partial charge in [0.25, 0.3) is 0 Å². The van der Waals surface area contributed by atoms with E-state index in [1.807, 2.05) is 6.92 Å². The molecule has 0 aromatic carbocycles. The van der Waals surface area contributed by atoms with E-state index in [1.54, 1.807) is 12.3 Å². The van der Waals surface area contributed by atoms with Crippen LogP contribution in [-0.4, -0.2) is 0 Å². The molecule has 0 saturated heterocycles. The van der Waals surface area contributed by atoms with E-state index in [2.05, 4.69) is 6.07 Å². The molecule has 0 bridgehead atoms. The van der Waals surface area contributed by atoms with Crippen LogP contribution in [0.3, 0.4) is 0 Å². The van der Waals surface area contributed by atoms with E-state index in [0.29, 0.717) is 0 Å². The molecular weight excluding hydrogens is 99.0 g/mol. The molecule has 0 N–H and O–H groups in total. The van der Waals surface area contributed by atoms with E-state index in [1.165, 1.54) is 0 Å². The Balaban J connectivity index is 0.000000360. The Kier molecular flexibility index (Phi) is 3.44. The number of furan rings is 1. The van der Waals surface area contributed by atoms with Gasteiger partial charge in [0.1, 0.15) is 0 Å². The van der Waals surface area contributed by atoms with E-state index >= 15 is 0 Å². The van der Waals surface area contributed by atoms with Crippen LogP contribution in [-0.2, 0) is 0 Å². The zero-order valence-corrected chi connectivity index (χ0v) is 6.56. The second-order valence-electron chi connectivity index (χ2n) is 1.12. The first kappa shape index (κ1) is 7.28. The molecule has 1 nitrogen and oxygen atoms in total. The summed E-state index contributed by atoms with van der Waals surface area (Å²) in [6.07, 6.45) is 1.61. The number of hydrogen-bond donors (Lipinski definition) is 0. The molecule has 1 aromatic heterocycles. The van der Waals surface area contributed by atoms with Crippen molar-refractivity contribution in [3.8, 4) is 0 Å². The van der Waals surface area contributed by atoms with Gasteiger partial charge in [-0.05, 0) is 12.7 Å². The van der Waals surface area contributed by atoms with Crippen molar-refractivity contribution in [2.45, 2.75) is 6.92 Å². The summed E-state index contributed by atoms with van der Waals surface area (Å²) in [5.41, 5.74) is 0. The minimum Gasteiger partial charge on any atom is -0.573 e. The van der Waals surface area contributed by atoms with E-state index in [-0.39, 0.29) is 29.6 Å². The molecular formula is C5H5NaO. The first-order chi connectivity index (χ1) is 2.89. The van der Waals surface area contributed by atoms with Gasteiger partial charge < -0.3 is 4.42 Å². The minimum atomic E-state index is 0. The van der Waals surface area contributed by atoms with Gasteiger partial charge in [0, 0.05) is 0 Å². The van der Waals surface area contributed by atoms with Crippen LogP contribution in [0.25, 0.3) is 0 Å². The number of rotatable bonds is 0. The first-order valence-electron chi connectivity index (χ1n) is 1.81. The average molecular weight is 104 g/mol. The Bertz CT molecular complexity index is 112. The van der Waals surface area contributed by atoms with Crippen LogP contribution in [0.15, 0.2) is 16.7 Å². The van der Waals surface area contributed by atoms with Crippen molar-refractivity contribution in [3.63, 3.8) is 0 Å². The third-order valence-corrected chi connectivity index (χ3v) is 0.599. The van der Waals surface area contributed by atoms with E-state index in [0.717, 1.165) is 5.76 Å². The van der Waals surface area contributed by atoms with Gasteiger partial charge in [-0.3, -0.25) is 0 Å². The standard InChI is InChI=1S/C5H5O.Na/c1-5-3-2-4-6-5;/h2,4H,1H3;/q-1;+1. The molecule has 0 aliphatic rings. The monoisotopic (exact) mass is 104 g/mol. The van der Waals surface area contributed by atoms with Crippen LogP contribution in [0.5, 0.6) is 0 Å². The maximum absolute atomic E-state index is 4.78. The molecule has 1 rings (SSSR count). The van der Waals surface area contributed by atoms with Crippen molar-refractivity contribution in [2.75, 3.05) is 0 Å². The van der Waals surface area contributed by atoms with Gasteiger partial charge in [0.05, 0.1) is 0 Å². The van der Waals surface area contributed by atoms with Crippen LogP contribution >= 0.6 is 0 Å². The van der Waals surface area contributed by atoms with Gasteiger partial charge in [-0.15, -0.1) is 0 Å².